The minimum Gasteiger partial charge on any atom is -0.348 e. The molecule has 1 amide bonds. The van der Waals surface area contributed by atoms with Gasteiger partial charge >= 0.3 is 0 Å². The summed E-state index contributed by atoms with van der Waals surface area (Å²) >= 11 is 0. The molecule has 6 heteroatoms. The molecule has 0 spiro atoms. The van der Waals surface area contributed by atoms with Crippen LogP contribution in [-0.4, -0.2) is 38.7 Å². The van der Waals surface area contributed by atoms with E-state index in [1.807, 2.05) is 24.3 Å². The molecule has 31 heavy (non-hydrogen) atoms. The van der Waals surface area contributed by atoms with E-state index in [-0.39, 0.29) is 5.91 Å². The zero-order chi connectivity index (χ0) is 21.6. The molecule has 0 radical (unpaired) electrons. The lowest BCUT2D eigenvalue weighted by molar-refractivity contribution is 0.0951. The molecule has 0 aliphatic carbocycles. The Morgan fingerprint density at radius 2 is 1.55 bits per heavy atom. The van der Waals surface area contributed by atoms with Crippen molar-refractivity contribution in [3.8, 4) is 0 Å². The van der Waals surface area contributed by atoms with Crippen LogP contribution in [0.5, 0.6) is 0 Å². The second-order valence-corrected chi connectivity index (χ2v) is 8.93. The van der Waals surface area contributed by atoms with Crippen molar-refractivity contribution in [3.63, 3.8) is 0 Å². The average molecular weight is 418 g/mol. The second-order valence-electron chi connectivity index (χ2n) is 8.93. The molecule has 1 N–H and O–H groups in total. The van der Waals surface area contributed by atoms with Crippen LogP contribution in [0.25, 0.3) is 0 Å². The smallest absolute Gasteiger partial charge is 0.251 e. The van der Waals surface area contributed by atoms with Gasteiger partial charge in [0, 0.05) is 31.7 Å². The maximum atomic E-state index is 12.5. The van der Waals surface area contributed by atoms with Gasteiger partial charge in [-0.05, 0) is 47.1 Å². The van der Waals surface area contributed by atoms with Crippen molar-refractivity contribution >= 4 is 5.91 Å². The van der Waals surface area contributed by atoms with Crippen LogP contribution < -0.4 is 5.32 Å². The predicted molar refractivity (Wildman–Crippen MR) is 121 cm³/mol. The van der Waals surface area contributed by atoms with E-state index in [0.29, 0.717) is 18.7 Å². The van der Waals surface area contributed by atoms with Gasteiger partial charge in [0.2, 0.25) is 0 Å². The Labute approximate surface area is 184 Å². The number of benzene rings is 2. The van der Waals surface area contributed by atoms with Crippen molar-refractivity contribution in [1.82, 2.24) is 25.0 Å². The minimum absolute atomic E-state index is 0.0623. The first-order valence-corrected chi connectivity index (χ1v) is 11.0. The monoisotopic (exact) mass is 417 g/mol. The third-order valence-electron chi connectivity index (χ3n) is 5.85. The highest BCUT2D eigenvalue weighted by Crippen LogP contribution is 2.22. The van der Waals surface area contributed by atoms with Gasteiger partial charge in [0.15, 0.2) is 0 Å². The van der Waals surface area contributed by atoms with Crippen LogP contribution in [0.3, 0.4) is 0 Å². The maximum absolute atomic E-state index is 12.5. The average Bonchev–Trinajstić information content (AvgIpc) is 3.26. The van der Waals surface area contributed by atoms with Crippen molar-refractivity contribution in [1.29, 1.82) is 0 Å². The molecule has 162 valence electrons. The van der Waals surface area contributed by atoms with Crippen molar-refractivity contribution in [2.75, 3.05) is 13.1 Å². The normalized spacial score (nSPS) is 19.3. The zero-order valence-corrected chi connectivity index (χ0v) is 18.4. The summed E-state index contributed by atoms with van der Waals surface area (Å²) in [6, 6.07) is 16.2. The molecule has 1 aliphatic rings. The van der Waals surface area contributed by atoms with Crippen molar-refractivity contribution in [2.24, 2.45) is 11.8 Å². The second kappa shape index (κ2) is 9.88. The first-order valence-electron chi connectivity index (χ1n) is 11.0. The number of rotatable bonds is 7. The molecule has 4 rings (SSSR count). The van der Waals surface area contributed by atoms with E-state index in [0.717, 1.165) is 29.5 Å². The van der Waals surface area contributed by atoms with Gasteiger partial charge in [0.25, 0.3) is 5.91 Å². The largest absolute Gasteiger partial charge is 0.348 e. The third-order valence-corrected chi connectivity index (χ3v) is 5.85. The van der Waals surface area contributed by atoms with Crippen LogP contribution in [0.2, 0.25) is 0 Å². The Hall–Kier alpha value is -2.99. The van der Waals surface area contributed by atoms with Crippen molar-refractivity contribution < 1.29 is 4.79 Å². The summed E-state index contributed by atoms with van der Waals surface area (Å²) in [4.78, 5) is 19.0. The molecule has 0 unspecified atom stereocenters. The number of nitrogens with one attached hydrogen (secondary N) is 1. The van der Waals surface area contributed by atoms with E-state index < -0.39 is 0 Å². The number of hydrogen-bond acceptors (Lipinski definition) is 4. The molecule has 1 aromatic heterocycles. The van der Waals surface area contributed by atoms with Crippen LogP contribution in [-0.2, 0) is 19.6 Å². The number of piperidine rings is 1. The number of aromatic nitrogens is 3. The van der Waals surface area contributed by atoms with Gasteiger partial charge in [0.05, 0.1) is 6.54 Å². The molecule has 2 heterocycles. The highest BCUT2D eigenvalue weighted by atomic mass is 16.1. The number of carbonyl (C=O) groups excluding carboxylic acids is 1. The molecule has 2 atom stereocenters. The standard InChI is InChI=1S/C25H31N5O/c1-19-11-20(2)14-29(13-19)15-22-5-3-21(4-6-22)12-27-25(31)24-9-7-23(8-10-24)16-30-18-26-17-28-30/h3-10,17-20H,11-16H2,1-2H3,(H,27,31)/t19-,20-/m1/s1. The van der Waals surface area contributed by atoms with E-state index in [9.17, 15) is 4.79 Å². The highest BCUT2D eigenvalue weighted by molar-refractivity contribution is 5.94. The molecule has 3 aromatic rings. The summed E-state index contributed by atoms with van der Waals surface area (Å²) in [5.74, 6) is 1.48. The zero-order valence-electron chi connectivity index (χ0n) is 18.4. The van der Waals surface area contributed by atoms with Crippen LogP contribution in [0.15, 0.2) is 61.2 Å². The topological polar surface area (TPSA) is 63.1 Å². The number of likely N-dealkylation sites (tertiary alicyclic amines) is 1. The fraction of sp³-hybridized carbons (Fsp3) is 0.400. The summed E-state index contributed by atoms with van der Waals surface area (Å²) in [5.41, 5.74) is 4.18. The van der Waals surface area contributed by atoms with E-state index in [2.05, 4.69) is 58.4 Å². The molecule has 0 bridgehead atoms. The number of nitrogens with zero attached hydrogens (tertiary/aromatic N) is 4. The molecule has 0 saturated carbocycles. The Balaban J connectivity index is 1.26. The van der Waals surface area contributed by atoms with E-state index in [1.54, 1.807) is 11.0 Å². The lowest BCUT2D eigenvalue weighted by atomic mass is 9.91. The molecule has 6 nitrogen and oxygen atoms in total. The van der Waals surface area contributed by atoms with Gasteiger partial charge in [-0.1, -0.05) is 50.2 Å². The number of amides is 1. The maximum Gasteiger partial charge on any atom is 0.251 e. The van der Waals surface area contributed by atoms with Gasteiger partial charge < -0.3 is 5.32 Å². The summed E-state index contributed by atoms with van der Waals surface area (Å²) in [7, 11) is 0. The molecule has 1 aliphatic heterocycles. The molecule has 1 saturated heterocycles. The minimum atomic E-state index is -0.0623. The van der Waals surface area contributed by atoms with E-state index in [4.69, 9.17) is 0 Å². The van der Waals surface area contributed by atoms with Gasteiger partial charge in [-0.15, -0.1) is 0 Å². The highest BCUT2D eigenvalue weighted by Gasteiger charge is 2.21. The lowest BCUT2D eigenvalue weighted by Crippen LogP contribution is -2.38. The fourth-order valence-corrected chi connectivity index (χ4v) is 4.49. The van der Waals surface area contributed by atoms with Gasteiger partial charge in [-0.3, -0.25) is 9.69 Å². The first-order chi connectivity index (χ1) is 15.0. The van der Waals surface area contributed by atoms with Crippen LogP contribution in [0.1, 0.15) is 47.3 Å². The Bertz CT molecular complexity index is 956. The molecule has 2 aromatic carbocycles. The fourth-order valence-electron chi connectivity index (χ4n) is 4.49. The first kappa shape index (κ1) is 21.2. The Kier molecular flexibility index (Phi) is 6.77. The lowest BCUT2D eigenvalue weighted by Gasteiger charge is -2.35. The SMILES string of the molecule is C[C@@H]1C[C@@H](C)CN(Cc2ccc(CNC(=O)c3ccc(Cn4cncn4)cc3)cc2)C1. The quantitative estimate of drug-likeness (QED) is 0.636. The summed E-state index contributed by atoms with van der Waals surface area (Å²) < 4.78 is 1.76. The summed E-state index contributed by atoms with van der Waals surface area (Å²) in [5, 5.41) is 7.12. The Morgan fingerprint density at radius 1 is 0.935 bits per heavy atom. The molecular formula is C25H31N5O. The van der Waals surface area contributed by atoms with Crippen LogP contribution in [0.4, 0.5) is 0 Å². The van der Waals surface area contributed by atoms with Gasteiger partial charge in [0.1, 0.15) is 12.7 Å². The number of hydrogen-bond donors (Lipinski definition) is 1. The van der Waals surface area contributed by atoms with Crippen molar-refractivity contribution in [2.45, 2.75) is 39.9 Å². The Morgan fingerprint density at radius 3 is 2.19 bits per heavy atom. The summed E-state index contributed by atoms with van der Waals surface area (Å²) in [6.07, 6.45) is 4.53. The predicted octanol–water partition coefficient (Wildman–Crippen LogP) is 3.73. The summed E-state index contributed by atoms with van der Waals surface area (Å²) in [6.45, 7) is 9.22. The van der Waals surface area contributed by atoms with Crippen molar-refractivity contribution in [3.05, 3.63) is 83.4 Å². The van der Waals surface area contributed by atoms with E-state index >= 15 is 0 Å². The molecule has 1 fully saturated rings. The van der Waals surface area contributed by atoms with Crippen LogP contribution in [0, 0.1) is 11.8 Å². The van der Waals surface area contributed by atoms with Gasteiger partial charge in [-0.25, -0.2) is 9.67 Å². The third kappa shape index (κ3) is 6.01. The molecular weight excluding hydrogens is 386 g/mol. The van der Waals surface area contributed by atoms with E-state index in [1.165, 1.54) is 31.4 Å². The number of carbonyl (C=O) groups is 1. The van der Waals surface area contributed by atoms with Crippen LogP contribution >= 0.6 is 0 Å². The van der Waals surface area contributed by atoms with Gasteiger partial charge in [-0.2, -0.15) is 5.10 Å².